The van der Waals surface area contributed by atoms with Gasteiger partial charge in [-0.2, -0.15) is 0 Å². The van der Waals surface area contributed by atoms with Crippen molar-refractivity contribution in [1.29, 1.82) is 0 Å². The summed E-state index contributed by atoms with van der Waals surface area (Å²) in [5, 5.41) is 4.40. The van der Waals surface area contributed by atoms with Crippen LogP contribution in [0, 0.1) is 17.5 Å². The topological polar surface area (TPSA) is 80.3 Å². The molecule has 30 heavy (non-hydrogen) atoms. The first-order valence-electron chi connectivity index (χ1n) is 8.78. The molecule has 2 aromatic carbocycles. The molecule has 0 radical (unpaired) electrons. The first-order valence-corrected chi connectivity index (χ1v) is 8.78. The Labute approximate surface area is 169 Å². The molecule has 0 atom stereocenters. The van der Waals surface area contributed by atoms with Gasteiger partial charge in [-0.05, 0) is 23.8 Å². The fourth-order valence-electron chi connectivity index (χ4n) is 2.44. The first kappa shape index (κ1) is 20.8. The summed E-state index contributed by atoms with van der Waals surface area (Å²) in [6.45, 7) is -0.249. The van der Waals surface area contributed by atoms with Gasteiger partial charge in [0.2, 0.25) is 11.8 Å². The average Bonchev–Trinajstić information content (AvgIpc) is 2.77. The number of carbonyl (C=O) groups excluding carboxylic acids is 2. The van der Waals surface area contributed by atoms with Crippen molar-refractivity contribution in [1.82, 2.24) is 10.3 Å². The van der Waals surface area contributed by atoms with E-state index in [1.54, 1.807) is 0 Å². The van der Waals surface area contributed by atoms with Crippen molar-refractivity contribution in [2.75, 3.05) is 11.9 Å². The number of carbonyl (C=O) groups is 2. The van der Waals surface area contributed by atoms with Crippen LogP contribution in [-0.2, 0) is 11.4 Å². The Hall–Kier alpha value is -3.88. The number of nitrogens with zero attached hydrogens (tertiary/aromatic N) is 1. The van der Waals surface area contributed by atoms with Crippen LogP contribution in [0.5, 0.6) is 5.88 Å². The number of benzene rings is 2. The number of anilines is 1. The van der Waals surface area contributed by atoms with E-state index in [1.165, 1.54) is 18.3 Å². The van der Waals surface area contributed by atoms with Gasteiger partial charge in [-0.3, -0.25) is 9.59 Å². The monoisotopic (exact) mass is 415 g/mol. The Morgan fingerprint density at radius 1 is 0.967 bits per heavy atom. The number of rotatable bonds is 7. The van der Waals surface area contributed by atoms with Gasteiger partial charge in [-0.1, -0.05) is 30.3 Å². The van der Waals surface area contributed by atoms with Gasteiger partial charge in [0.15, 0.2) is 17.5 Å². The average molecular weight is 415 g/mol. The largest absolute Gasteiger partial charge is 0.473 e. The SMILES string of the molecule is O=C(CNC(=O)c1ccnc(OCc2ccccc2)c1)Nc1ccc(F)c(F)c1F. The van der Waals surface area contributed by atoms with Gasteiger partial charge in [0, 0.05) is 17.8 Å². The molecule has 3 aromatic rings. The van der Waals surface area contributed by atoms with Crippen molar-refractivity contribution in [3.63, 3.8) is 0 Å². The van der Waals surface area contributed by atoms with Crippen LogP contribution in [0.2, 0.25) is 0 Å². The summed E-state index contributed by atoms with van der Waals surface area (Å²) in [5.41, 5.74) is 0.587. The molecule has 154 valence electrons. The molecular formula is C21H16F3N3O3. The molecule has 1 heterocycles. The smallest absolute Gasteiger partial charge is 0.251 e. The third-order valence-electron chi connectivity index (χ3n) is 3.95. The predicted molar refractivity (Wildman–Crippen MR) is 102 cm³/mol. The summed E-state index contributed by atoms with van der Waals surface area (Å²) in [4.78, 5) is 28.1. The number of hydrogen-bond acceptors (Lipinski definition) is 4. The van der Waals surface area contributed by atoms with Gasteiger partial charge in [0.05, 0.1) is 12.2 Å². The summed E-state index contributed by atoms with van der Waals surface area (Å²) in [5.74, 6) is -5.78. The van der Waals surface area contributed by atoms with Crippen LogP contribution in [0.3, 0.4) is 0 Å². The molecule has 0 spiro atoms. The van der Waals surface area contributed by atoms with Gasteiger partial charge in [0.25, 0.3) is 5.91 Å². The Balaban J connectivity index is 1.54. The van der Waals surface area contributed by atoms with Crippen molar-refractivity contribution in [2.24, 2.45) is 0 Å². The van der Waals surface area contributed by atoms with Crippen molar-refractivity contribution < 1.29 is 27.5 Å². The van der Waals surface area contributed by atoms with E-state index in [-0.39, 0.29) is 18.1 Å². The van der Waals surface area contributed by atoms with E-state index in [2.05, 4.69) is 15.6 Å². The molecule has 0 aliphatic heterocycles. The molecule has 9 heteroatoms. The van der Waals surface area contributed by atoms with Gasteiger partial charge >= 0.3 is 0 Å². The highest BCUT2D eigenvalue weighted by Crippen LogP contribution is 2.19. The highest BCUT2D eigenvalue weighted by Gasteiger charge is 2.16. The molecule has 0 saturated heterocycles. The second-order valence-electron chi connectivity index (χ2n) is 6.11. The number of hydrogen-bond donors (Lipinski definition) is 2. The predicted octanol–water partition coefficient (Wildman–Crippen LogP) is 3.45. The molecule has 0 bridgehead atoms. The quantitative estimate of drug-likeness (QED) is 0.580. The maximum absolute atomic E-state index is 13.6. The maximum Gasteiger partial charge on any atom is 0.251 e. The molecule has 0 fully saturated rings. The van der Waals surface area contributed by atoms with Crippen LogP contribution in [0.4, 0.5) is 18.9 Å². The standard InChI is InChI=1S/C21H16F3N3O3/c22-15-6-7-16(20(24)19(15)23)27-17(28)11-26-21(29)14-8-9-25-18(10-14)30-12-13-4-2-1-3-5-13/h1-10H,11-12H2,(H,26,29)(H,27,28). The van der Waals surface area contributed by atoms with E-state index in [4.69, 9.17) is 4.74 Å². The summed E-state index contributed by atoms with van der Waals surface area (Å²) < 4.78 is 45.3. The zero-order valence-electron chi connectivity index (χ0n) is 15.5. The lowest BCUT2D eigenvalue weighted by molar-refractivity contribution is -0.115. The molecule has 6 nitrogen and oxygen atoms in total. The van der Waals surface area contributed by atoms with Crippen LogP contribution in [-0.4, -0.2) is 23.3 Å². The van der Waals surface area contributed by atoms with Gasteiger partial charge in [-0.25, -0.2) is 18.2 Å². The van der Waals surface area contributed by atoms with Crippen LogP contribution >= 0.6 is 0 Å². The lowest BCUT2D eigenvalue weighted by atomic mass is 10.2. The minimum atomic E-state index is -1.70. The summed E-state index contributed by atoms with van der Waals surface area (Å²) in [7, 11) is 0. The number of aromatic nitrogens is 1. The number of nitrogens with one attached hydrogen (secondary N) is 2. The van der Waals surface area contributed by atoms with Gasteiger partial charge in [-0.15, -0.1) is 0 Å². The van der Waals surface area contributed by atoms with Gasteiger partial charge < -0.3 is 15.4 Å². The minimum Gasteiger partial charge on any atom is -0.473 e. The van der Waals surface area contributed by atoms with Crippen LogP contribution in [0.25, 0.3) is 0 Å². The van der Waals surface area contributed by atoms with Crippen molar-refractivity contribution in [3.8, 4) is 5.88 Å². The molecule has 0 saturated carbocycles. The van der Waals surface area contributed by atoms with Crippen molar-refractivity contribution in [2.45, 2.75) is 6.61 Å². The number of pyridine rings is 1. The van der Waals surface area contributed by atoms with E-state index in [1.807, 2.05) is 30.3 Å². The number of halogens is 3. The Kier molecular flexibility index (Phi) is 6.63. The van der Waals surface area contributed by atoms with E-state index in [0.717, 1.165) is 11.6 Å². The fraction of sp³-hybridized carbons (Fsp3) is 0.0952. The number of ether oxygens (including phenoxy) is 1. The van der Waals surface area contributed by atoms with E-state index in [0.29, 0.717) is 6.07 Å². The van der Waals surface area contributed by atoms with Crippen LogP contribution in [0.1, 0.15) is 15.9 Å². The molecule has 2 N–H and O–H groups in total. The van der Waals surface area contributed by atoms with Gasteiger partial charge in [0.1, 0.15) is 6.61 Å². The lowest BCUT2D eigenvalue weighted by Crippen LogP contribution is -2.33. The fourth-order valence-corrected chi connectivity index (χ4v) is 2.44. The lowest BCUT2D eigenvalue weighted by Gasteiger charge is -2.09. The molecule has 0 aliphatic rings. The molecule has 0 aliphatic carbocycles. The van der Waals surface area contributed by atoms with Crippen molar-refractivity contribution in [3.05, 3.63) is 89.4 Å². The second kappa shape index (κ2) is 9.55. The third-order valence-corrected chi connectivity index (χ3v) is 3.95. The molecule has 0 unspecified atom stereocenters. The summed E-state index contributed by atoms with van der Waals surface area (Å²) in [6.07, 6.45) is 1.38. The maximum atomic E-state index is 13.6. The third kappa shape index (κ3) is 5.34. The second-order valence-corrected chi connectivity index (χ2v) is 6.11. The highest BCUT2D eigenvalue weighted by molar-refractivity contribution is 5.99. The molecule has 2 amide bonds. The Bertz CT molecular complexity index is 1060. The summed E-state index contributed by atoms with van der Waals surface area (Å²) >= 11 is 0. The normalized spacial score (nSPS) is 10.4. The zero-order valence-corrected chi connectivity index (χ0v) is 15.5. The molecule has 3 rings (SSSR count). The summed E-state index contributed by atoms with van der Waals surface area (Å²) in [6, 6.07) is 13.8. The van der Waals surface area contributed by atoms with Crippen LogP contribution in [0.15, 0.2) is 60.8 Å². The minimum absolute atomic E-state index is 0.194. The van der Waals surface area contributed by atoms with E-state index >= 15 is 0 Å². The van der Waals surface area contributed by atoms with Crippen molar-refractivity contribution >= 4 is 17.5 Å². The first-order chi connectivity index (χ1) is 14.4. The Morgan fingerprint density at radius 3 is 2.50 bits per heavy atom. The van der Waals surface area contributed by atoms with E-state index < -0.39 is 41.5 Å². The molecular weight excluding hydrogens is 399 g/mol. The zero-order chi connectivity index (χ0) is 21.5. The van der Waals surface area contributed by atoms with Crippen LogP contribution < -0.4 is 15.4 Å². The molecule has 1 aromatic heterocycles. The highest BCUT2D eigenvalue weighted by atomic mass is 19.2. The number of amides is 2. The van der Waals surface area contributed by atoms with E-state index in [9.17, 15) is 22.8 Å². The Morgan fingerprint density at radius 2 is 1.73 bits per heavy atom.